The molecule has 3 N–H and O–H groups in total. The topological polar surface area (TPSA) is 105 Å². The zero-order chi connectivity index (χ0) is 25.1. The zero-order valence-corrected chi connectivity index (χ0v) is 20.8. The summed E-state index contributed by atoms with van der Waals surface area (Å²) in [7, 11) is 0. The molecular weight excluding hydrogens is 512 g/mol. The number of carbonyl (C=O) groups is 3. The van der Waals surface area contributed by atoms with Gasteiger partial charge in [0.1, 0.15) is 12.6 Å². The normalized spacial score (nSPS) is 13.0. The molecule has 7 nitrogen and oxygen atoms in total. The van der Waals surface area contributed by atoms with Crippen LogP contribution in [0.1, 0.15) is 41.3 Å². The van der Waals surface area contributed by atoms with Gasteiger partial charge in [-0.1, -0.05) is 62.4 Å². The molecule has 1 atom stereocenters. The largest absolute Gasteiger partial charge is 0.480 e. The van der Waals surface area contributed by atoms with Crippen molar-refractivity contribution in [2.24, 2.45) is 5.92 Å². The van der Waals surface area contributed by atoms with Crippen molar-refractivity contribution in [2.45, 2.75) is 25.8 Å². The maximum Gasteiger partial charge on any atom is 0.411 e. The molecule has 0 aliphatic heterocycles. The minimum atomic E-state index is -1.11. The highest BCUT2D eigenvalue weighted by atomic mass is 79.9. The molecule has 0 spiro atoms. The lowest BCUT2D eigenvalue weighted by Crippen LogP contribution is -2.44. The van der Waals surface area contributed by atoms with E-state index in [1.165, 1.54) is 6.07 Å². The van der Waals surface area contributed by atoms with Crippen LogP contribution in [-0.4, -0.2) is 35.7 Å². The van der Waals surface area contributed by atoms with Gasteiger partial charge in [-0.15, -0.1) is 0 Å². The molecule has 180 valence electrons. The molecule has 0 heterocycles. The number of amides is 2. The molecule has 1 aliphatic rings. The highest BCUT2D eigenvalue weighted by Crippen LogP contribution is 2.44. The predicted molar refractivity (Wildman–Crippen MR) is 137 cm³/mol. The Morgan fingerprint density at radius 1 is 0.971 bits per heavy atom. The second-order valence-corrected chi connectivity index (χ2v) is 9.53. The molecule has 0 bridgehead atoms. The average molecular weight is 537 g/mol. The number of rotatable bonds is 7. The number of nitrogens with one attached hydrogen (secondary N) is 2. The first kappa shape index (κ1) is 24.5. The second-order valence-electron chi connectivity index (χ2n) is 8.68. The van der Waals surface area contributed by atoms with Crippen molar-refractivity contribution in [1.29, 1.82) is 0 Å². The molecule has 0 aromatic heterocycles. The number of carboxylic acids is 1. The summed E-state index contributed by atoms with van der Waals surface area (Å²) in [5, 5.41) is 14.5. The Hall–Kier alpha value is -3.65. The van der Waals surface area contributed by atoms with Crippen LogP contribution in [0.25, 0.3) is 11.1 Å². The summed E-state index contributed by atoms with van der Waals surface area (Å²) in [5.41, 5.74) is 5.06. The SMILES string of the molecule is CC(C)C(NC(=O)c1cc(NC(=O)OCC2c3ccccc3-c3ccccc32)ccc1Br)C(=O)O. The lowest BCUT2D eigenvalue weighted by atomic mass is 9.98. The van der Waals surface area contributed by atoms with Crippen LogP contribution in [0.3, 0.4) is 0 Å². The number of anilines is 1. The number of halogens is 1. The van der Waals surface area contributed by atoms with Crippen LogP contribution in [0.4, 0.5) is 10.5 Å². The van der Waals surface area contributed by atoms with Gasteiger partial charge in [-0.25, -0.2) is 9.59 Å². The van der Waals surface area contributed by atoms with E-state index in [1.807, 2.05) is 36.4 Å². The van der Waals surface area contributed by atoms with Crippen molar-refractivity contribution in [3.63, 3.8) is 0 Å². The third kappa shape index (κ3) is 5.22. The summed E-state index contributed by atoms with van der Waals surface area (Å²) in [6, 6.07) is 19.8. The number of carbonyl (C=O) groups excluding carboxylic acids is 2. The Morgan fingerprint density at radius 2 is 1.57 bits per heavy atom. The summed E-state index contributed by atoms with van der Waals surface area (Å²) in [6.07, 6.45) is -0.647. The molecule has 35 heavy (non-hydrogen) atoms. The van der Waals surface area contributed by atoms with Gasteiger partial charge in [0.25, 0.3) is 5.91 Å². The van der Waals surface area contributed by atoms with Crippen LogP contribution >= 0.6 is 15.9 Å². The highest BCUT2D eigenvalue weighted by molar-refractivity contribution is 9.10. The first-order valence-electron chi connectivity index (χ1n) is 11.2. The Balaban J connectivity index is 1.44. The molecule has 8 heteroatoms. The van der Waals surface area contributed by atoms with E-state index in [0.717, 1.165) is 22.3 Å². The van der Waals surface area contributed by atoms with Crippen molar-refractivity contribution < 1.29 is 24.2 Å². The van der Waals surface area contributed by atoms with Gasteiger partial charge in [-0.3, -0.25) is 10.1 Å². The van der Waals surface area contributed by atoms with Crippen LogP contribution in [0.15, 0.2) is 71.2 Å². The molecule has 1 unspecified atom stereocenters. The fraction of sp³-hybridized carbons (Fsp3) is 0.222. The zero-order valence-electron chi connectivity index (χ0n) is 19.2. The van der Waals surface area contributed by atoms with Gasteiger partial charge in [0, 0.05) is 16.1 Å². The Labute approximate surface area is 211 Å². The summed E-state index contributed by atoms with van der Waals surface area (Å²) in [6.45, 7) is 3.59. The molecule has 0 saturated carbocycles. The quantitative estimate of drug-likeness (QED) is 0.362. The Bertz CT molecular complexity index is 1240. The minimum absolute atomic E-state index is 0.0663. The Morgan fingerprint density at radius 3 is 2.14 bits per heavy atom. The average Bonchev–Trinajstić information content (AvgIpc) is 3.15. The van der Waals surface area contributed by atoms with E-state index in [0.29, 0.717) is 10.2 Å². The molecule has 0 saturated heterocycles. The monoisotopic (exact) mass is 536 g/mol. The van der Waals surface area contributed by atoms with Gasteiger partial charge in [0.05, 0.1) is 5.56 Å². The molecule has 1 aliphatic carbocycles. The number of carboxylic acid groups (broad SMARTS) is 1. The van der Waals surface area contributed by atoms with Gasteiger partial charge >= 0.3 is 12.1 Å². The molecule has 0 fully saturated rings. The number of benzene rings is 3. The van der Waals surface area contributed by atoms with Crippen molar-refractivity contribution in [3.8, 4) is 11.1 Å². The van der Waals surface area contributed by atoms with Crippen molar-refractivity contribution in [3.05, 3.63) is 87.9 Å². The summed E-state index contributed by atoms with van der Waals surface area (Å²) in [4.78, 5) is 36.7. The molecular formula is C27H25BrN2O5. The van der Waals surface area contributed by atoms with Crippen LogP contribution in [0.2, 0.25) is 0 Å². The fourth-order valence-corrected chi connectivity index (χ4v) is 4.69. The number of fused-ring (bicyclic) bond motifs is 3. The molecule has 3 aromatic carbocycles. The van der Waals surface area contributed by atoms with Gasteiger partial charge in [0.15, 0.2) is 0 Å². The van der Waals surface area contributed by atoms with Crippen LogP contribution in [0.5, 0.6) is 0 Å². The van der Waals surface area contributed by atoms with Gasteiger partial charge in [-0.05, 0) is 62.3 Å². The van der Waals surface area contributed by atoms with E-state index in [-0.39, 0.29) is 24.0 Å². The third-order valence-electron chi connectivity index (χ3n) is 6.02. The van der Waals surface area contributed by atoms with E-state index in [2.05, 4.69) is 38.7 Å². The number of hydrogen-bond donors (Lipinski definition) is 3. The summed E-state index contributed by atoms with van der Waals surface area (Å²) >= 11 is 3.32. The van der Waals surface area contributed by atoms with Crippen LogP contribution < -0.4 is 10.6 Å². The van der Waals surface area contributed by atoms with Crippen LogP contribution in [-0.2, 0) is 9.53 Å². The van der Waals surface area contributed by atoms with Crippen molar-refractivity contribution >= 4 is 39.6 Å². The lowest BCUT2D eigenvalue weighted by molar-refractivity contribution is -0.140. The molecule has 0 radical (unpaired) electrons. The van der Waals surface area contributed by atoms with E-state index < -0.39 is 24.0 Å². The number of ether oxygens (including phenoxy) is 1. The first-order chi connectivity index (χ1) is 16.8. The first-order valence-corrected chi connectivity index (χ1v) is 12.0. The van der Waals surface area contributed by atoms with Gasteiger partial charge in [-0.2, -0.15) is 0 Å². The standard InChI is InChI=1S/C27H25BrN2O5/c1-15(2)24(26(32)33)30-25(31)21-13-16(11-12-23(21)28)29-27(34)35-14-22-19-9-5-3-7-17(19)18-8-4-6-10-20(18)22/h3-13,15,22,24H,14H2,1-2H3,(H,29,34)(H,30,31)(H,32,33). The van der Waals surface area contributed by atoms with E-state index in [9.17, 15) is 19.5 Å². The lowest BCUT2D eigenvalue weighted by Gasteiger charge is -2.19. The minimum Gasteiger partial charge on any atom is -0.480 e. The van der Waals surface area contributed by atoms with Crippen molar-refractivity contribution in [1.82, 2.24) is 5.32 Å². The van der Waals surface area contributed by atoms with Crippen LogP contribution in [0, 0.1) is 5.92 Å². The van der Waals surface area contributed by atoms with E-state index >= 15 is 0 Å². The fourth-order valence-electron chi connectivity index (χ4n) is 4.26. The molecule has 4 rings (SSSR count). The number of hydrogen-bond acceptors (Lipinski definition) is 4. The third-order valence-corrected chi connectivity index (χ3v) is 6.71. The maximum absolute atomic E-state index is 12.7. The predicted octanol–water partition coefficient (Wildman–Crippen LogP) is 5.65. The smallest absolute Gasteiger partial charge is 0.411 e. The van der Waals surface area contributed by atoms with Gasteiger partial charge in [0.2, 0.25) is 0 Å². The summed E-state index contributed by atoms with van der Waals surface area (Å²) < 4.78 is 6.03. The second kappa shape index (κ2) is 10.3. The highest BCUT2D eigenvalue weighted by Gasteiger charge is 2.29. The summed E-state index contributed by atoms with van der Waals surface area (Å²) in [5.74, 6) is -2.03. The van der Waals surface area contributed by atoms with E-state index in [4.69, 9.17) is 4.74 Å². The Kier molecular flexibility index (Phi) is 7.21. The maximum atomic E-state index is 12.7. The number of aliphatic carboxylic acids is 1. The molecule has 3 aromatic rings. The van der Waals surface area contributed by atoms with E-state index in [1.54, 1.807) is 26.0 Å². The van der Waals surface area contributed by atoms with Crippen molar-refractivity contribution in [2.75, 3.05) is 11.9 Å². The van der Waals surface area contributed by atoms with Gasteiger partial charge < -0.3 is 15.2 Å². The molecule has 2 amide bonds.